The van der Waals surface area contributed by atoms with Crippen molar-refractivity contribution in [3.63, 3.8) is 0 Å². The van der Waals surface area contributed by atoms with Gasteiger partial charge in [-0.1, -0.05) is 26.0 Å². The molecule has 9 nitrogen and oxygen atoms in total. The number of carbonyl (C=O) groups is 4. The number of fused-ring (bicyclic) bond motifs is 1. The van der Waals surface area contributed by atoms with Gasteiger partial charge in [0.2, 0.25) is 0 Å². The summed E-state index contributed by atoms with van der Waals surface area (Å²) in [6, 6.07) is 0. The molecular weight excluding hydrogens is 420 g/mol. The molecule has 0 aromatic rings. The number of hydrogen-bond acceptors (Lipinski definition) is 9. The molecule has 2 bridgehead atoms. The number of esters is 4. The molecule has 4 rings (SSSR count). The molecule has 1 N–H and O–H groups in total. The maximum atomic E-state index is 12.7. The molecule has 1 saturated heterocycles. The van der Waals surface area contributed by atoms with Gasteiger partial charge in [-0.15, -0.1) is 0 Å². The van der Waals surface area contributed by atoms with Crippen LogP contribution in [0.1, 0.15) is 26.7 Å². The number of allylic oxidation sites excluding steroid dienone is 1. The Morgan fingerprint density at radius 1 is 1.16 bits per heavy atom. The third-order valence-electron chi connectivity index (χ3n) is 7.34. The van der Waals surface area contributed by atoms with Crippen molar-refractivity contribution in [3.05, 3.63) is 36.0 Å². The van der Waals surface area contributed by atoms with Crippen LogP contribution in [0.15, 0.2) is 36.0 Å². The Labute approximate surface area is 186 Å². The van der Waals surface area contributed by atoms with E-state index in [2.05, 4.69) is 4.74 Å². The average Bonchev–Trinajstić information content (AvgIpc) is 2.77. The van der Waals surface area contributed by atoms with Crippen LogP contribution in [-0.4, -0.2) is 62.0 Å². The zero-order valence-corrected chi connectivity index (χ0v) is 18.7. The normalized spacial score (nSPS) is 38.1. The largest absolute Gasteiger partial charge is 0.469 e. The fraction of sp³-hybridized carbons (Fsp3) is 0.565. The molecule has 0 unspecified atom stereocenters. The highest BCUT2D eigenvalue weighted by atomic mass is 16.6. The molecule has 6 atom stereocenters. The third-order valence-corrected chi connectivity index (χ3v) is 7.34. The minimum absolute atomic E-state index is 0.0799. The van der Waals surface area contributed by atoms with Crippen molar-refractivity contribution in [1.82, 2.24) is 0 Å². The molecule has 174 valence electrons. The molecular formula is C23H28O9. The van der Waals surface area contributed by atoms with E-state index in [1.54, 1.807) is 26.0 Å². The maximum Gasteiger partial charge on any atom is 0.343 e. The SMILES string of the molecule is COC(=O)/C=C(/C=C/[C@]1(C)[C@H](C(=O)OC)CC[C@]2(C)[C@H]1[C@H]1C=C[C@]2(O)C(=O)O1)C(=O)OC. The van der Waals surface area contributed by atoms with E-state index in [4.69, 9.17) is 14.2 Å². The molecule has 0 aromatic heterocycles. The first-order valence-corrected chi connectivity index (χ1v) is 10.3. The first-order valence-electron chi connectivity index (χ1n) is 10.3. The highest BCUT2D eigenvalue weighted by Gasteiger charge is 2.71. The van der Waals surface area contributed by atoms with Gasteiger partial charge in [0, 0.05) is 22.8 Å². The van der Waals surface area contributed by atoms with Crippen molar-refractivity contribution in [2.45, 2.75) is 38.4 Å². The third kappa shape index (κ3) is 3.35. The Hall–Kier alpha value is -2.94. The molecule has 2 heterocycles. The van der Waals surface area contributed by atoms with E-state index in [0.29, 0.717) is 12.8 Å². The number of aliphatic hydroxyl groups is 1. The van der Waals surface area contributed by atoms with Gasteiger partial charge in [0.1, 0.15) is 6.10 Å². The highest BCUT2D eigenvalue weighted by molar-refractivity contribution is 5.98. The molecule has 0 amide bonds. The summed E-state index contributed by atoms with van der Waals surface area (Å²) in [7, 11) is 3.65. The smallest absolute Gasteiger partial charge is 0.343 e. The summed E-state index contributed by atoms with van der Waals surface area (Å²) in [6.07, 6.45) is 7.15. The molecule has 2 fully saturated rings. The van der Waals surface area contributed by atoms with Gasteiger partial charge in [0.05, 0.1) is 32.8 Å². The molecule has 9 heteroatoms. The van der Waals surface area contributed by atoms with Gasteiger partial charge in [0.25, 0.3) is 0 Å². The van der Waals surface area contributed by atoms with E-state index < -0.39 is 58.2 Å². The summed E-state index contributed by atoms with van der Waals surface area (Å²) in [5, 5.41) is 11.3. The lowest BCUT2D eigenvalue weighted by atomic mass is 9.43. The summed E-state index contributed by atoms with van der Waals surface area (Å²) in [6.45, 7) is 3.60. The van der Waals surface area contributed by atoms with E-state index >= 15 is 0 Å². The molecule has 4 aliphatic rings. The minimum atomic E-state index is -1.84. The van der Waals surface area contributed by atoms with E-state index in [9.17, 15) is 24.3 Å². The minimum Gasteiger partial charge on any atom is -0.469 e. The van der Waals surface area contributed by atoms with Crippen LogP contribution in [0.2, 0.25) is 0 Å². The zero-order chi connectivity index (χ0) is 23.9. The topological polar surface area (TPSA) is 125 Å². The van der Waals surface area contributed by atoms with Crippen LogP contribution in [0, 0.1) is 22.7 Å². The molecule has 0 spiro atoms. The van der Waals surface area contributed by atoms with Crippen molar-refractivity contribution >= 4 is 23.9 Å². The summed E-state index contributed by atoms with van der Waals surface area (Å²) in [4.78, 5) is 49.2. The Morgan fingerprint density at radius 2 is 1.84 bits per heavy atom. The number of methoxy groups -OCH3 is 3. The predicted octanol–water partition coefficient (Wildman–Crippen LogP) is 1.25. The summed E-state index contributed by atoms with van der Waals surface area (Å²) in [5.41, 5.74) is -3.85. The fourth-order valence-corrected chi connectivity index (χ4v) is 5.60. The van der Waals surface area contributed by atoms with Crippen LogP contribution in [0.3, 0.4) is 0 Å². The summed E-state index contributed by atoms with van der Waals surface area (Å²) >= 11 is 0. The van der Waals surface area contributed by atoms with E-state index in [-0.39, 0.29) is 5.57 Å². The van der Waals surface area contributed by atoms with Crippen LogP contribution >= 0.6 is 0 Å². The van der Waals surface area contributed by atoms with Crippen LogP contribution in [0.4, 0.5) is 0 Å². The number of hydrogen-bond donors (Lipinski definition) is 1. The molecule has 0 radical (unpaired) electrons. The number of carbonyl (C=O) groups excluding carboxylic acids is 4. The van der Waals surface area contributed by atoms with Gasteiger partial charge >= 0.3 is 23.9 Å². The molecule has 0 aromatic carbocycles. The van der Waals surface area contributed by atoms with Crippen molar-refractivity contribution in [2.75, 3.05) is 21.3 Å². The second-order valence-corrected chi connectivity index (χ2v) is 8.82. The second-order valence-electron chi connectivity index (χ2n) is 8.82. The second kappa shape index (κ2) is 8.20. The van der Waals surface area contributed by atoms with E-state index in [0.717, 1.165) is 6.08 Å². The van der Waals surface area contributed by atoms with Gasteiger partial charge in [-0.3, -0.25) is 4.79 Å². The lowest BCUT2D eigenvalue weighted by molar-refractivity contribution is -0.241. The molecule has 2 aliphatic carbocycles. The summed E-state index contributed by atoms with van der Waals surface area (Å²) < 4.78 is 19.9. The Kier molecular flexibility index (Phi) is 6.08. The van der Waals surface area contributed by atoms with Crippen molar-refractivity contribution in [1.29, 1.82) is 0 Å². The summed E-state index contributed by atoms with van der Waals surface area (Å²) in [5.74, 6) is -3.84. The van der Waals surface area contributed by atoms with Crippen LogP contribution in [0.5, 0.6) is 0 Å². The van der Waals surface area contributed by atoms with Gasteiger partial charge in [0.15, 0.2) is 5.60 Å². The highest BCUT2D eigenvalue weighted by Crippen LogP contribution is 2.65. The average molecular weight is 448 g/mol. The molecule has 1 saturated carbocycles. The Balaban J connectivity index is 2.14. The Bertz CT molecular complexity index is 932. The quantitative estimate of drug-likeness (QED) is 0.217. The van der Waals surface area contributed by atoms with E-state index in [1.165, 1.54) is 33.5 Å². The molecule has 2 aliphatic heterocycles. The number of rotatable bonds is 5. The zero-order valence-electron chi connectivity index (χ0n) is 18.7. The monoisotopic (exact) mass is 448 g/mol. The Morgan fingerprint density at radius 3 is 2.41 bits per heavy atom. The van der Waals surface area contributed by atoms with E-state index in [1.807, 2.05) is 0 Å². The van der Waals surface area contributed by atoms with Gasteiger partial charge < -0.3 is 24.1 Å². The van der Waals surface area contributed by atoms with Crippen LogP contribution in [-0.2, 0) is 38.1 Å². The van der Waals surface area contributed by atoms with Crippen LogP contribution in [0.25, 0.3) is 0 Å². The van der Waals surface area contributed by atoms with Gasteiger partial charge in [-0.05, 0) is 25.0 Å². The fourth-order valence-electron chi connectivity index (χ4n) is 5.60. The van der Waals surface area contributed by atoms with Crippen molar-refractivity contribution in [3.8, 4) is 0 Å². The lowest BCUT2D eigenvalue weighted by Gasteiger charge is -2.63. The first kappa shape index (κ1) is 23.7. The van der Waals surface area contributed by atoms with Gasteiger partial charge in [-0.2, -0.15) is 0 Å². The first-order chi connectivity index (χ1) is 15.0. The van der Waals surface area contributed by atoms with Crippen molar-refractivity contribution in [2.24, 2.45) is 22.7 Å². The van der Waals surface area contributed by atoms with Crippen molar-refractivity contribution < 1.29 is 43.2 Å². The molecule has 32 heavy (non-hydrogen) atoms. The maximum absolute atomic E-state index is 12.7. The predicted molar refractivity (Wildman–Crippen MR) is 110 cm³/mol. The van der Waals surface area contributed by atoms with Crippen LogP contribution < -0.4 is 0 Å². The lowest BCUT2D eigenvalue weighted by Crippen LogP contribution is -2.71. The number of ether oxygens (including phenoxy) is 4. The van der Waals surface area contributed by atoms with Gasteiger partial charge in [-0.25, -0.2) is 14.4 Å². The standard InChI is InChI=1S/C23H28O9/c1-21(9-6-13(18(25)30-4)12-16(24)29-3)14(19(26)31-5)7-10-22(2)17(21)15-8-11-23(22,28)20(27)32-15/h6,8-9,11-12,14-15,17,28H,7,10H2,1-5H3/b9-6+,13-12-/t14-,15+,17-,21+,22+,23-/m0/s1.